The Morgan fingerprint density at radius 1 is 1.33 bits per heavy atom. The molecule has 1 spiro atoms. The van der Waals surface area contributed by atoms with E-state index < -0.39 is 5.60 Å². The topological polar surface area (TPSA) is 29.5 Å². The Balaban J connectivity index is 1.91. The van der Waals surface area contributed by atoms with Gasteiger partial charge in [-0.1, -0.05) is 34.5 Å². The number of ether oxygens (including phenoxy) is 1. The zero-order chi connectivity index (χ0) is 15.3. The van der Waals surface area contributed by atoms with Crippen molar-refractivity contribution in [3.05, 3.63) is 33.8 Å². The van der Waals surface area contributed by atoms with Crippen LogP contribution in [0.15, 0.2) is 22.7 Å². The molecule has 0 atom stereocenters. The van der Waals surface area contributed by atoms with E-state index in [1.165, 1.54) is 17.5 Å². The van der Waals surface area contributed by atoms with E-state index in [0.717, 1.165) is 23.9 Å². The molecule has 1 aromatic carbocycles. The summed E-state index contributed by atoms with van der Waals surface area (Å²) in [6.45, 7) is 7.16. The standard InChI is InChI=1S/C17H22BrNO2/c1-16(2,3)21-15(20)19-10-12-13(6-4-7-14(12)18)17(11-19)8-5-9-17/h4,6-7H,5,8-11H2,1-3H3. The zero-order valence-corrected chi connectivity index (χ0v) is 14.5. The van der Waals surface area contributed by atoms with Crippen molar-refractivity contribution in [3.8, 4) is 0 Å². The van der Waals surface area contributed by atoms with Gasteiger partial charge in [0.05, 0.1) is 6.54 Å². The minimum absolute atomic E-state index is 0.147. The molecule has 0 aromatic heterocycles. The van der Waals surface area contributed by atoms with E-state index in [4.69, 9.17) is 4.74 Å². The van der Waals surface area contributed by atoms with Gasteiger partial charge in [-0.25, -0.2) is 4.79 Å². The summed E-state index contributed by atoms with van der Waals surface area (Å²) in [6, 6.07) is 6.39. The fourth-order valence-electron chi connectivity index (χ4n) is 3.40. The molecule has 1 aromatic rings. The van der Waals surface area contributed by atoms with Crippen molar-refractivity contribution in [2.24, 2.45) is 0 Å². The van der Waals surface area contributed by atoms with E-state index in [2.05, 4.69) is 34.1 Å². The van der Waals surface area contributed by atoms with Crippen molar-refractivity contribution in [1.29, 1.82) is 0 Å². The summed E-state index contributed by atoms with van der Waals surface area (Å²) >= 11 is 3.65. The molecule has 1 amide bonds. The molecule has 4 heteroatoms. The van der Waals surface area contributed by atoms with Crippen LogP contribution in [-0.4, -0.2) is 23.1 Å². The van der Waals surface area contributed by atoms with Gasteiger partial charge in [-0.05, 0) is 50.8 Å². The van der Waals surface area contributed by atoms with E-state index >= 15 is 0 Å². The molecule has 0 unspecified atom stereocenters. The number of nitrogens with zero attached hydrogens (tertiary/aromatic N) is 1. The maximum atomic E-state index is 12.5. The summed E-state index contributed by atoms with van der Waals surface area (Å²) in [5, 5.41) is 0. The van der Waals surface area contributed by atoms with Gasteiger partial charge in [0.15, 0.2) is 0 Å². The highest BCUT2D eigenvalue weighted by molar-refractivity contribution is 9.10. The fourth-order valence-corrected chi connectivity index (χ4v) is 3.89. The van der Waals surface area contributed by atoms with Gasteiger partial charge < -0.3 is 9.64 Å². The lowest BCUT2D eigenvalue weighted by atomic mass is 9.61. The Morgan fingerprint density at radius 2 is 2.05 bits per heavy atom. The van der Waals surface area contributed by atoms with Crippen molar-refractivity contribution in [1.82, 2.24) is 4.90 Å². The van der Waals surface area contributed by atoms with Gasteiger partial charge in [0, 0.05) is 16.4 Å². The highest BCUT2D eigenvalue weighted by Gasteiger charge is 2.46. The van der Waals surface area contributed by atoms with Gasteiger partial charge in [-0.2, -0.15) is 0 Å². The molecule has 1 fully saturated rings. The molecule has 0 N–H and O–H groups in total. The number of carbonyl (C=O) groups is 1. The maximum absolute atomic E-state index is 12.5. The molecule has 1 aliphatic carbocycles. The SMILES string of the molecule is CC(C)(C)OC(=O)N1Cc2c(Br)cccc2C2(CCC2)C1. The number of benzene rings is 1. The maximum Gasteiger partial charge on any atom is 0.410 e. The smallest absolute Gasteiger partial charge is 0.410 e. The number of halogens is 1. The molecule has 0 bridgehead atoms. The quantitative estimate of drug-likeness (QED) is 0.682. The van der Waals surface area contributed by atoms with Gasteiger partial charge in [-0.15, -0.1) is 0 Å². The largest absolute Gasteiger partial charge is 0.444 e. The summed E-state index contributed by atoms with van der Waals surface area (Å²) in [5.74, 6) is 0. The Kier molecular flexibility index (Phi) is 3.55. The lowest BCUT2D eigenvalue weighted by Crippen LogP contribution is -2.52. The van der Waals surface area contributed by atoms with Crippen molar-refractivity contribution >= 4 is 22.0 Å². The van der Waals surface area contributed by atoms with Gasteiger partial charge in [-0.3, -0.25) is 0 Å². The molecule has 0 radical (unpaired) electrons. The summed E-state index contributed by atoms with van der Waals surface area (Å²) in [4.78, 5) is 14.3. The summed E-state index contributed by atoms with van der Waals surface area (Å²) in [5.41, 5.74) is 2.36. The molecular formula is C17H22BrNO2. The molecule has 3 nitrogen and oxygen atoms in total. The van der Waals surface area contributed by atoms with Crippen LogP contribution in [0.5, 0.6) is 0 Å². The van der Waals surface area contributed by atoms with E-state index in [0.29, 0.717) is 6.54 Å². The monoisotopic (exact) mass is 351 g/mol. The highest BCUT2D eigenvalue weighted by atomic mass is 79.9. The van der Waals surface area contributed by atoms with Crippen LogP contribution in [0, 0.1) is 0 Å². The Bertz CT molecular complexity index is 573. The lowest BCUT2D eigenvalue weighted by Gasteiger charge is -2.50. The van der Waals surface area contributed by atoms with Gasteiger partial charge >= 0.3 is 6.09 Å². The molecule has 114 valence electrons. The van der Waals surface area contributed by atoms with Gasteiger partial charge in [0.1, 0.15) is 5.60 Å². The van der Waals surface area contributed by atoms with E-state index in [9.17, 15) is 4.79 Å². The first-order valence-corrected chi connectivity index (χ1v) is 8.36. The number of carbonyl (C=O) groups excluding carboxylic acids is 1. The Hall–Kier alpha value is -1.03. The highest BCUT2D eigenvalue weighted by Crippen LogP contribution is 2.49. The molecule has 1 saturated carbocycles. The van der Waals surface area contributed by atoms with Crippen LogP contribution in [0.25, 0.3) is 0 Å². The molecular weight excluding hydrogens is 330 g/mol. The second kappa shape index (κ2) is 5.01. The zero-order valence-electron chi connectivity index (χ0n) is 12.9. The van der Waals surface area contributed by atoms with Crippen molar-refractivity contribution in [2.45, 2.75) is 57.6 Å². The van der Waals surface area contributed by atoms with E-state index in [-0.39, 0.29) is 11.5 Å². The van der Waals surface area contributed by atoms with E-state index in [1.54, 1.807) is 0 Å². The third-order valence-corrected chi connectivity index (χ3v) is 5.24. The van der Waals surface area contributed by atoms with Gasteiger partial charge in [0.2, 0.25) is 0 Å². The molecule has 0 saturated heterocycles. The molecule has 2 aliphatic rings. The molecule has 21 heavy (non-hydrogen) atoms. The predicted molar refractivity (Wildman–Crippen MR) is 86.3 cm³/mol. The van der Waals surface area contributed by atoms with Crippen LogP contribution in [0.1, 0.15) is 51.2 Å². The average molecular weight is 352 g/mol. The number of amides is 1. The molecule has 1 heterocycles. The molecule has 3 rings (SSSR count). The van der Waals surface area contributed by atoms with Crippen LogP contribution in [-0.2, 0) is 16.7 Å². The van der Waals surface area contributed by atoms with Crippen LogP contribution in [0.3, 0.4) is 0 Å². The molecule has 1 aliphatic heterocycles. The second-order valence-electron chi connectivity index (χ2n) is 7.24. The predicted octanol–water partition coefficient (Wildman–Crippen LogP) is 4.62. The summed E-state index contributed by atoms with van der Waals surface area (Å²) in [6.07, 6.45) is 3.37. The first-order chi connectivity index (χ1) is 9.81. The number of hydrogen-bond acceptors (Lipinski definition) is 2. The van der Waals surface area contributed by atoms with Crippen molar-refractivity contribution in [2.75, 3.05) is 6.54 Å². The van der Waals surface area contributed by atoms with Crippen molar-refractivity contribution < 1.29 is 9.53 Å². The Labute approximate surface area is 134 Å². The first-order valence-electron chi connectivity index (χ1n) is 7.57. The minimum atomic E-state index is -0.446. The third kappa shape index (κ3) is 2.70. The fraction of sp³-hybridized carbons (Fsp3) is 0.588. The lowest BCUT2D eigenvalue weighted by molar-refractivity contribution is 0.00974. The van der Waals surface area contributed by atoms with Crippen LogP contribution >= 0.6 is 15.9 Å². The third-order valence-electron chi connectivity index (χ3n) is 4.50. The summed E-state index contributed by atoms with van der Waals surface area (Å²) in [7, 11) is 0. The number of hydrogen-bond donors (Lipinski definition) is 0. The second-order valence-corrected chi connectivity index (χ2v) is 8.09. The minimum Gasteiger partial charge on any atom is -0.444 e. The number of fused-ring (bicyclic) bond motifs is 2. The van der Waals surface area contributed by atoms with Crippen LogP contribution < -0.4 is 0 Å². The number of rotatable bonds is 0. The van der Waals surface area contributed by atoms with Gasteiger partial charge in [0.25, 0.3) is 0 Å². The average Bonchev–Trinajstić information content (AvgIpc) is 2.34. The Morgan fingerprint density at radius 3 is 2.62 bits per heavy atom. The normalized spacial score (nSPS) is 19.9. The van der Waals surface area contributed by atoms with E-state index in [1.807, 2.05) is 25.7 Å². The first kappa shape index (κ1) is 14.9. The summed E-state index contributed by atoms with van der Waals surface area (Å²) < 4.78 is 6.66. The van der Waals surface area contributed by atoms with Crippen LogP contribution in [0.4, 0.5) is 4.79 Å². The van der Waals surface area contributed by atoms with Crippen molar-refractivity contribution in [3.63, 3.8) is 0 Å². The van der Waals surface area contributed by atoms with Crippen LogP contribution in [0.2, 0.25) is 0 Å².